The van der Waals surface area contributed by atoms with Crippen LogP contribution in [0.3, 0.4) is 0 Å². The largest absolute Gasteiger partial charge is 0.183 e. The minimum atomic E-state index is -0.331. The molecule has 0 fully saturated rings. The summed E-state index contributed by atoms with van der Waals surface area (Å²) in [4.78, 5) is 10.2. The van der Waals surface area contributed by atoms with Crippen molar-refractivity contribution in [3.05, 3.63) is 35.2 Å². The van der Waals surface area contributed by atoms with Crippen molar-refractivity contribution in [1.29, 1.82) is 0 Å². The number of nitrogens with zero attached hydrogens (tertiary/aromatic N) is 3. The van der Waals surface area contributed by atoms with Gasteiger partial charge in [-0.25, -0.2) is 0 Å². The molecule has 0 saturated carbocycles. The summed E-state index contributed by atoms with van der Waals surface area (Å²) in [6.45, 7) is 3.54. The van der Waals surface area contributed by atoms with E-state index in [-0.39, 0.29) is 12.1 Å². The van der Waals surface area contributed by atoms with E-state index in [4.69, 9.17) is 0 Å². The highest BCUT2D eigenvalue weighted by Gasteiger charge is 2.10. The molecule has 1 rings (SSSR count). The third kappa shape index (κ3) is 3.05. The summed E-state index contributed by atoms with van der Waals surface area (Å²) in [5.41, 5.74) is 0.789. The third-order valence-corrected chi connectivity index (χ3v) is 1.98. The van der Waals surface area contributed by atoms with Gasteiger partial charge in [0.1, 0.15) is 6.04 Å². The van der Waals surface area contributed by atoms with Crippen molar-refractivity contribution in [2.75, 3.05) is 0 Å². The summed E-state index contributed by atoms with van der Waals surface area (Å²) in [6, 6.07) is 8.90. The van der Waals surface area contributed by atoms with Crippen LogP contribution in [0.15, 0.2) is 45.7 Å². The number of azo groups is 1. The van der Waals surface area contributed by atoms with Crippen molar-refractivity contribution >= 4 is 5.69 Å². The van der Waals surface area contributed by atoms with Crippen molar-refractivity contribution in [2.24, 2.45) is 15.4 Å². The van der Waals surface area contributed by atoms with Gasteiger partial charge in [0.05, 0.1) is 11.7 Å². The van der Waals surface area contributed by atoms with Crippen LogP contribution in [0, 0.1) is 4.91 Å². The van der Waals surface area contributed by atoms with Crippen LogP contribution in [-0.2, 0) is 0 Å². The predicted octanol–water partition coefficient (Wildman–Crippen LogP) is 3.31. The molecule has 14 heavy (non-hydrogen) atoms. The second-order valence-corrected chi connectivity index (χ2v) is 3.14. The first-order valence-corrected chi connectivity index (χ1v) is 4.52. The molecular weight excluding hydrogens is 178 g/mol. The van der Waals surface area contributed by atoms with Crippen LogP contribution in [0.5, 0.6) is 0 Å². The van der Waals surface area contributed by atoms with Crippen LogP contribution in [0.2, 0.25) is 0 Å². The minimum Gasteiger partial charge on any atom is -0.183 e. The Kier molecular flexibility index (Phi) is 3.91. The van der Waals surface area contributed by atoms with Gasteiger partial charge >= 0.3 is 0 Å². The summed E-state index contributed by atoms with van der Waals surface area (Å²) in [7, 11) is 0. The summed E-state index contributed by atoms with van der Waals surface area (Å²) in [6.07, 6.45) is 0. The molecule has 0 aliphatic carbocycles. The first-order valence-electron chi connectivity index (χ1n) is 4.52. The molecule has 0 bridgehead atoms. The van der Waals surface area contributed by atoms with E-state index in [1.165, 1.54) is 0 Å². The summed E-state index contributed by atoms with van der Waals surface area (Å²) in [5, 5.41) is 10.9. The zero-order chi connectivity index (χ0) is 10.4. The van der Waals surface area contributed by atoms with E-state index in [0.717, 1.165) is 5.69 Å². The normalized spacial score (nSPS) is 15.3. The Morgan fingerprint density at radius 3 is 2.29 bits per heavy atom. The predicted molar refractivity (Wildman–Crippen MR) is 55.7 cm³/mol. The Balaban J connectivity index is 2.60. The van der Waals surface area contributed by atoms with Crippen molar-refractivity contribution < 1.29 is 0 Å². The molecule has 74 valence electrons. The average molecular weight is 191 g/mol. The lowest BCUT2D eigenvalue weighted by Crippen LogP contribution is -2.13. The van der Waals surface area contributed by atoms with Gasteiger partial charge in [-0.05, 0) is 26.0 Å². The maximum absolute atomic E-state index is 10.2. The number of hydrogen-bond donors (Lipinski definition) is 0. The third-order valence-electron chi connectivity index (χ3n) is 1.98. The van der Waals surface area contributed by atoms with Crippen LogP contribution in [-0.4, -0.2) is 12.1 Å². The van der Waals surface area contributed by atoms with Gasteiger partial charge < -0.3 is 0 Å². The fraction of sp³-hybridized carbons (Fsp3) is 0.400. The van der Waals surface area contributed by atoms with Crippen LogP contribution < -0.4 is 0 Å². The highest BCUT2D eigenvalue weighted by molar-refractivity contribution is 5.34. The molecule has 2 unspecified atom stereocenters. The van der Waals surface area contributed by atoms with Crippen LogP contribution in [0.4, 0.5) is 5.69 Å². The van der Waals surface area contributed by atoms with E-state index in [1.807, 2.05) is 37.3 Å². The second kappa shape index (κ2) is 5.21. The molecule has 4 nitrogen and oxygen atoms in total. The molecule has 0 spiro atoms. The van der Waals surface area contributed by atoms with Gasteiger partial charge in [-0.1, -0.05) is 23.4 Å². The Morgan fingerprint density at radius 1 is 1.07 bits per heavy atom. The molecular formula is C10H13N3O. The van der Waals surface area contributed by atoms with E-state index in [2.05, 4.69) is 15.4 Å². The number of rotatable bonds is 4. The molecule has 2 atom stereocenters. The molecule has 0 amide bonds. The van der Waals surface area contributed by atoms with E-state index < -0.39 is 0 Å². The fourth-order valence-corrected chi connectivity index (χ4v) is 0.837. The first-order chi connectivity index (χ1) is 6.74. The zero-order valence-electron chi connectivity index (χ0n) is 8.29. The number of nitroso groups, excluding NO2 is 1. The summed E-state index contributed by atoms with van der Waals surface area (Å²) in [5.74, 6) is 0. The molecule has 4 heteroatoms. The van der Waals surface area contributed by atoms with Crippen LogP contribution >= 0.6 is 0 Å². The van der Waals surface area contributed by atoms with Crippen molar-refractivity contribution in [3.8, 4) is 0 Å². The maximum Gasteiger partial charge on any atom is 0.113 e. The van der Waals surface area contributed by atoms with Crippen molar-refractivity contribution in [2.45, 2.75) is 25.9 Å². The van der Waals surface area contributed by atoms with Crippen molar-refractivity contribution in [3.63, 3.8) is 0 Å². The van der Waals surface area contributed by atoms with Gasteiger partial charge in [0.25, 0.3) is 0 Å². The van der Waals surface area contributed by atoms with Crippen LogP contribution in [0.25, 0.3) is 0 Å². The molecule has 0 heterocycles. The second-order valence-electron chi connectivity index (χ2n) is 3.14. The van der Waals surface area contributed by atoms with Gasteiger partial charge in [-0.15, -0.1) is 0 Å². The molecule has 1 aromatic carbocycles. The first kappa shape index (κ1) is 10.5. The average Bonchev–Trinajstić information content (AvgIpc) is 2.26. The number of hydrogen-bond acceptors (Lipinski definition) is 4. The summed E-state index contributed by atoms with van der Waals surface area (Å²) >= 11 is 0. The lowest BCUT2D eigenvalue weighted by atomic mass is 10.2. The molecule has 0 aliphatic rings. The van der Waals surface area contributed by atoms with Gasteiger partial charge in [0, 0.05) is 0 Å². The quantitative estimate of drug-likeness (QED) is 0.532. The Bertz CT molecular complexity index is 310. The molecule has 0 aromatic heterocycles. The summed E-state index contributed by atoms with van der Waals surface area (Å²) < 4.78 is 0. The van der Waals surface area contributed by atoms with E-state index in [0.29, 0.717) is 0 Å². The standard InChI is InChI=1S/C10H13N3O/c1-8(9(2)13-14)11-12-10-6-4-3-5-7-10/h3-9H,1-2H3. The highest BCUT2D eigenvalue weighted by Crippen LogP contribution is 2.12. The Morgan fingerprint density at radius 2 is 1.71 bits per heavy atom. The fourth-order valence-electron chi connectivity index (χ4n) is 0.837. The van der Waals surface area contributed by atoms with E-state index in [9.17, 15) is 4.91 Å². The number of benzene rings is 1. The smallest absolute Gasteiger partial charge is 0.113 e. The highest BCUT2D eigenvalue weighted by atomic mass is 16.3. The van der Waals surface area contributed by atoms with Gasteiger partial charge in [-0.2, -0.15) is 15.1 Å². The molecule has 0 radical (unpaired) electrons. The Labute approximate surface area is 83.0 Å². The lowest BCUT2D eigenvalue weighted by molar-refractivity contribution is 0.582. The monoisotopic (exact) mass is 191 g/mol. The molecule has 0 N–H and O–H groups in total. The minimum absolute atomic E-state index is 0.173. The van der Waals surface area contributed by atoms with Gasteiger partial charge in [0.2, 0.25) is 0 Å². The van der Waals surface area contributed by atoms with Crippen molar-refractivity contribution in [1.82, 2.24) is 0 Å². The molecule has 1 aromatic rings. The lowest BCUT2D eigenvalue weighted by Gasteiger charge is -2.04. The molecule has 0 saturated heterocycles. The molecule has 0 aliphatic heterocycles. The zero-order valence-corrected chi connectivity index (χ0v) is 8.29. The Hall–Kier alpha value is -1.58. The SMILES string of the molecule is CC(N=O)C(C)N=Nc1ccccc1. The maximum atomic E-state index is 10.2. The van der Waals surface area contributed by atoms with E-state index in [1.54, 1.807) is 6.92 Å². The van der Waals surface area contributed by atoms with Gasteiger partial charge in [0.15, 0.2) is 0 Å². The van der Waals surface area contributed by atoms with E-state index >= 15 is 0 Å². The van der Waals surface area contributed by atoms with Crippen LogP contribution in [0.1, 0.15) is 13.8 Å². The van der Waals surface area contributed by atoms with Gasteiger partial charge in [-0.3, -0.25) is 0 Å². The topological polar surface area (TPSA) is 54.1 Å².